The zero-order valence-corrected chi connectivity index (χ0v) is 20.2. The number of benzene rings is 2. The minimum atomic E-state index is -4.11. The Morgan fingerprint density at radius 2 is 1.94 bits per heavy atom. The molecule has 1 fully saturated rings. The van der Waals surface area contributed by atoms with Gasteiger partial charge in [0.1, 0.15) is 6.54 Å². The number of piperidine rings is 1. The van der Waals surface area contributed by atoms with E-state index in [4.69, 9.17) is 0 Å². The van der Waals surface area contributed by atoms with E-state index in [9.17, 15) is 23.3 Å². The zero-order chi connectivity index (χ0) is 24.6. The maximum atomic E-state index is 13.3. The molecule has 1 heterocycles. The number of nitro groups is 1. The average molecular weight is 489 g/mol. The fraction of sp³-hybridized carbons (Fsp3) is 0.458. The quantitative estimate of drug-likeness (QED) is 0.294. The number of rotatable bonds is 11. The minimum Gasteiger partial charge on any atom is -0.354 e. The Kier molecular flexibility index (Phi) is 9.00. The first-order valence-electron chi connectivity index (χ1n) is 11.7. The molecule has 1 unspecified atom stereocenters. The fourth-order valence-electron chi connectivity index (χ4n) is 4.31. The monoisotopic (exact) mass is 488 g/mol. The van der Waals surface area contributed by atoms with Gasteiger partial charge in [-0.15, -0.1) is 0 Å². The molecule has 3 rings (SSSR count). The van der Waals surface area contributed by atoms with Crippen molar-refractivity contribution in [2.75, 3.05) is 30.5 Å². The van der Waals surface area contributed by atoms with Crippen LogP contribution >= 0.6 is 0 Å². The van der Waals surface area contributed by atoms with Gasteiger partial charge in [0, 0.05) is 31.3 Å². The summed E-state index contributed by atoms with van der Waals surface area (Å²) in [6.07, 6.45) is 5.54. The van der Waals surface area contributed by atoms with Crippen LogP contribution in [0.3, 0.4) is 0 Å². The van der Waals surface area contributed by atoms with Crippen molar-refractivity contribution in [1.82, 2.24) is 10.2 Å². The van der Waals surface area contributed by atoms with Crippen molar-refractivity contribution in [2.45, 2.75) is 50.0 Å². The highest BCUT2D eigenvalue weighted by Crippen LogP contribution is 2.27. The van der Waals surface area contributed by atoms with E-state index >= 15 is 0 Å². The highest BCUT2D eigenvalue weighted by molar-refractivity contribution is 7.92. The summed E-state index contributed by atoms with van der Waals surface area (Å²) in [6.45, 7) is 4.11. The Bertz CT molecular complexity index is 1080. The molecule has 0 aromatic heterocycles. The number of hydrogen-bond donors (Lipinski definition) is 1. The molecule has 184 valence electrons. The van der Waals surface area contributed by atoms with Crippen LogP contribution in [-0.2, 0) is 14.8 Å². The molecule has 1 amide bonds. The summed E-state index contributed by atoms with van der Waals surface area (Å²) in [6, 6.07) is 13.6. The lowest BCUT2D eigenvalue weighted by molar-refractivity contribution is -0.384. The molecule has 1 aliphatic rings. The van der Waals surface area contributed by atoms with Gasteiger partial charge in [0.2, 0.25) is 5.91 Å². The fourth-order valence-corrected chi connectivity index (χ4v) is 5.74. The van der Waals surface area contributed by atoms with Gasteiger partial charge in [0.05, 0.1) is 15.5 Å². The second kappa shape index (κ2) is 11.9. The molecule has 1 atom stereocenters. The second-order valence-electron chi connectivity index (χ2n) is 8.40. The summed E-state index contributed by atoms with van der Waals surface area (Å²) in [5, 5.41) is 14.0. The Balaban J connectivity index is 1.69. The minimum absolute atomic E-state index is 0.00464. The van der Waals surface area contributed by atoms with Gasteiger partial charge in [-0.2, -0.15) is 0 Å². The molecule has 2 aromatic carbocycles. The molecule has 0 saturated carbocycles. The number of amides is 1. The number of carbonyl (C=O) groups is 1. The van der Waals surface area contributed by atoms with E-state index in [2.05, 4.69) is 17.1 Å². The van der Waals surface area contributed by atoms with Crippen LogP contribution in [0.15, 0.2) is 59.5 Å². The molecule has 9 nitrogen and oxygen atoms in total. The highest BCUT2D eigenvalue weighted by Gasteiger charge is 2.28. The molecule has 2 aromatic rings. The van der Waals surface area contributed by atoms with Gasteiger partial charge in [-0.3, -0.25) is 19.2 Å². The zero-order valence-electron chi connectivity index (χ0n) is 19.4. The number of anilines is 1. The van der Waals surface area contributed by atoms with Gasteiger partial charge < -0.3 is 10.2 Å². The van der Waals surface area contributed by atoms with E-state index < -0.39 is 27.4 Å². The Hall–Kier alpha value is -2.98. The predicted molar refractivity (Wildman–Crippen MR) is 131 cm³/mol. The molecule has 1 aliphatic heterocycles. The molecular formula is C24H32N4O5S. The standard InChI is InChI=1S/C24H32N4O5S/c1-2-20-10-6-7-16-26(20)17-9-15-25-24(29)19-27(21-11-8-12-22(18-21)28(30)31)34(32,33)23-13-4-3-5-14-23/h3-5,8,11-14,18,20H,2,6-7,9-10,15-17,19H2,1H3,(H,25,29). The maximum absolute atomic E-state index is 13.3. The molecular weight excluding hydrogens is 456 g/mol. The third-order valence-electron chi connectivity index (χ3n) is 6.11. The molecule has 0 aliphatic carbocycles. The smallest absolute Gasteiger partial charge is 0.271 e. The topological polar surface area (TPSA) is 113 Å². The van der Waals surface area contributed by atoms with Crippen molar-refractivity contribution in [3.8, 4) is 0 Å². The summed E-state index contributed by atoms with van der Waals surface area (Å²) in [5.41, 5.74) is -0.189. The molecule has 1 N–H and O–H groups in total. The van der Waals surface area contributed by atoms with Crippen LogP contribution in [0, 0.1) is 10.1 Å². The second-order valence-corrected chi connectivity index (χ2v) is 10.3. The lowest BCUT2D eigenvalue weighted by atomic mass is 10.00. The van der Waals surface area contributed by atoms with Gasteiger partial charge in [0.25, 0.3) is 15.7 Å². The van der Waals surface area contributed by atoms with Crippen LogP contribution in [0.25, 0.3) is 0 Å². The number of nitrogens with zero attached hydrogens (tertiary/aromatic N) is 3. The van der Waals surface area contributed by atoms with E-state index in [-0.39, 0.29) is 16.3 Å². The molecule has 10 heteroatoms. The molecule has 0 radical (unpaired) electrons. The van der Waals surface area contributed by atoms with E-state index in [1.54, 1.807) is 18.2 Å². The normalized spacial score (nSPS) is 16.7. The number of nitro benzene ring substituents is 1. The lowest BCUT2D eigenvalue weighted by Gasteiger charge is -2.35. The van der Waals surface area contributed by atoms with Crippen LogP contribution in [0.1, 0.15) is 39.0 Å². The Labute approximate surface area is 201 Å². The number of likely N-dealkylation sites (tertiary alicyclic amines) is 1. The molecule has 34 heavy (non-hydrogen) atoms. The van der Waals surface area contributed by atoms with Crippen molar-refractivity contribution in [2.24, 2.45) is 0 Å². The summed E-state index contributed by atoms with van der Waals surface area (Å²) in [5.74, 6) is -0.461. The third kappa shape index (κ3) is 6.54. The Morgan fingerprint density at radius 3 is 2.65 bits per heavy atom. The van der Waals surface area contributed by atoms with Crippen molar-refractivity contribution in [3.63, 3.8) is 0 Å². The summed E-state index contributed by atoms with van der Waals surface area (Å²) in [4.78, 5) is 25.8. The van der Waals surface area contributed by atoms with E-state index in [1.807, 2.05) is 0 Å². The number of nitrogens with one attached hydrogen (secondary N) is 1. The predicted octanol–water partition coefficient (Wildman–Crippen LogP) is 3.56. The van der Waals surface area contributed by atoms with Crippen LogP contribution in [0.2, 0.25) is 0 Å². The van der Waals surface area contributed by atoms with Gasteiger partial charge in [-0.1, -0.05) is 37.6 Å². The molecule has 0 bridgehead atoms. The first kappa shape index (κ1) is 25.6. The number of non-ortho nitro benzene ring substituents is 1. The summed E-state index contributed by atoms with van der Waals surface area (Å²) in [7, 11) is -4.11. The number of hydrogen-bond acceptors (Lipinski definition) is 6. The van der Waals surface area contributed by atoms with Gasteiger partial charge >= 0.3 is 0 Å². The molecule has 0 spiro atoms. The first-order valence-corrected chi connectivity index (χ1v) is 13.1. The van der Waals surface area contributed by atoms with Crippen molar-refractivity contribution < 1.29 is 18.1 Å². The van der Waals surface area contributed by atoms with E-state index in [0.717, 1.165) is 36.3 Å². The van der Waals surface area contributed by atoms with Crippen LogP contribution in [0.4, 0.5) is 11.4 Å². The van der Waals surface area contributed by atoms with Crippen LogP contribution < -0.4 is 9.62 Å². The number of carbonyl (C=O) groups excluding carboxylic acids is 1. The lowest BCUT2D eigenvalue weighted by Crippen LogP contribution is -2.43. The van der Waals surface area contributed by atoms with E-state index in [1.165, 1.54) is 49.6 Å². The highest BCUT2D eigenvalue weighted by atomic mass is 32.2. The third-order valence-corrected chi connectivity index (χ3v) is 7.90. The summed E-state index contributed by atoms with van der Waals surface area (Å²) >= 11 is 0. The average Bonchev–Trinajstić information content (AvgIpc) is 2.86. The van der Waals surface area contributed by atoms with Crippen molar-refractivity contribution >= 4 is 27.3 Å². The summed E-state index contributed by atoms with van der Waals surface area (Å²) < 4.78 is 27.6. The number of sulfonamides is 1. The SMILES string of the molecule is CCC1CCCCN1CCCNC(=O)CN(c1cccc([N+](=O)[O-])c1)S(=O)(=O)c1ccccc1. The molecule has 1 saturated heterocycles. The van der Waals surface area contributed by atoms with Crippen molar-refractivity contribution in [1.29, 1.82) is 0 Å². The maximum Gasteiger partial charge on any atom is 0.271 e. The van der Waals surface area contributed by atoms with Gasteiger partial charge in [-0.25, -0.2) is 8.42 Å². The van der Waals surface area contributed by atoms with Crippen LogP contribution in [-0.4, -0.2) is 56.4 Å². The van der Waals surface area contributed by atoms with Crippen LogP contribution in [0.5, 0.6) is 0 Å². The Morgan fingerprint density at radius 1 is 1.18 bits per heavy atom. The van der Waals surface area contributed by atoms with E-state index in [0.29, 0.717) is 12.6 Å². The van der Waals surface area contributed by atoms with Gasteiger partial charge in [-0.05, 0) is 50.4 Å². The van der Waals surface area contributed by atoms with Crippen molar-refractivity contribution in [3.05, 3.63) is 64.7 Å². The van der Waals surface area contributed by atoms with Gasteiger partial charge in [0.15, 0.2) is 0 Å². The largest absolute Gasteiger partial charge is 0.354 e. The first-order chi connectivity index (χ1) is 16.3.